The molecule has 14 aromatic carbocycles. The van der Waals surface area contributed by atoms with E-state index < -0.39 is 14.3 Å². The van der Waals surface area contributed by atoms with Gasteiger partial charge in [0.2, 0.25) is 0 Å². The summed E-state index contributed by atoms with van der Waals surface area (Å²) in [4.78, 5) is 10.7. The maximum Gasteiger partial charge on any atom is 0.171 e. The molecule has 16 aromatic rings. The first-order chi connectivity index (χ1) is 42.2. The van der Waals surface area contributed by atoms with Gasteiger partial charge >= 0.3 is 0 Å². The summed E-state index contributed by atoms with van der Waals surface area (Å²) in [5, 5.41) is 17.4. The predicted molar refractivity (Wildman–Crippen MR) is 374 cm³/mol. The molecule has 0 bridgehead atoms. The van der Waals surface area contributed by atoms with Crippen LogP contribution >= 0.6 is 46.1 Å². The van der Waals surface area contributed by atoms with Gasteiger partial charge in [-0.05, 0) is 69.1 Å². The molecular formula is C78H50Br2N2O2P2. The fourth-order valence-corrected chi connectivity index (χ4v) is 19.5. The topological polar surface area (TPSA) is 59.9 Å². The molecule has 0 saturated carbocycles. The van der Waals surface area contributed by atoms with Crippen LogP contribution in [0.4, 0.5) is 0 Å². The maximum absolute atomic E-state index is 16.3. The minimum atomic E-state index is -3.54. The van der Waals surface area contributed by atoms with Gasteiger partial charge in [-0.25, -0.2) is 9.97 Å². The van der Waals surface area contributed by atoms with Crippen molar-refractivity contribution < 1.29 is 9.13 Å². The third kappa shape index (κ3) is 9.19. The van der Waals surface area contributed by atoms with Gasteiger partial charge in [0.05, 0.1) is 22.1 Å². The zero-order chi connectivity index (χ0) is 57.9. The average Bonchev–Trinajstić information content (AvgIpc) is 0.983. The second kappa shape index (κ2) is 22.1. The molecule has 0 aliphatic heterocycles. The van der Waals surface area contributed by atoms with Gasteiger partial charge < -0.3 is 9.13 Å². The van der Waals surface area contributed by atoms with E-state index >= 15 is 9.13 Å². The molecule has 2 heterocycles. The molecule has 0 unspecified atom stereocenters. The average molecular weight is 1270 g/mol. The van der Waals surface area contributed by atoms with Crippen LogP contribution in [-0.2, 0) is 9.13 Å². The number of aromatic nitrogens is 2. The van der Waals surface area contributed by atoms with Crippen molar-refractivity contribution in [3.8, 4) is 22.3 Å². The molecule has 8 heteroatoms. The first-order valence-corrected chi connectivity index (χ1v) is 33.5. The summed E-state index contributed by atoms with van der Waals surface area (Å²) in [5.74, 6) is 0. The lowest BCUT2D eigenvalue weighted by Crippen LogP contribution is -2.30. The van der Waals surface area contributed by atoms with Gasteiger partial charge in [0.15, 0.2) is 14.3 Å². The molecule has 0 spiro atoms. The van der Waals surface area contributed by atoms with Gasteiger partial charge in [-0.1, -0.05) is 299 Å². The van der Waals surface area contributed by atoms with Crippen LogP contribution in [0.1, 0.15) is 0 Å². The highest BCUT2D eigenvalue weighted by molar-refractivity contribution is 9.11. The lowest BCUT2D eigenvalue weighted by molar-refractivity contribution is 0.592. The van der Waals surface area contributed by atoms with E-state index in [0.29, 0.717) is 31.8 Å². The van der Waals surface area contributed by atoms with E-state index in [-0.39, 0.29) is 0 Å². The quantitative estimate of drug-likeness (QED) is 0.0864. The van der Waals surface area contributed by atoms with Crippen LogP contribution in [0.15, 0.2) is 312 Å². The van der Waals surface area contributed by atoms with E-state index in [0.717, 1.165) is 74.5 Å². The van der Waals surface area contributed by atoms with Gasteiger partial charge in [-0.3, -0.25) is 0 Å². The highest BCUT2D eigenvalue weighted by Crippen LogP contribution is 2.49. The first-order valence-electron chi connectivity index (χ1n) is 28.5. The fourth-order valence-electron chi connectivity index (χ4n) is 12.7. The number of halogens is 2. The van der Waals surface area contributed by atoms with E-state index in [4.69, 9.17) is 9.97 Å². The minimum Gasteiger partial charge on any atom is -0.309 e. The second-order valence-corrected chi connectivity index (χ2v) is 29.0. The van der Waals surface area contributed by atoms with Gasteiger partial charge in [-0.15, -0.1) is 0 Å². The van der Waals surface area contributed by atoms with Crippen molar-refractivity contribution >= 4 is 165 Å². The van der Waals surface area contributed by atoms with Crippen LogP contribution in [0.25, 0.3) is 109 Å². The van der Waals surface area contributed by atoms with Crippen molar-refractivity contribution in [2.24, 2.45) is 0 Å². The molecule has 0 radical (unpaired) electrons. The highest BCUT2D eigenvalue weighted by Gasteiger charge is 2.36. The molecule has 4 nitrogen and oxygen atoms in total. The SMILES string of the molecule is Brc1cc(Br)cc(-c2c3ccc4ccccc4c3nc3c2ccc2ccccc23)c1.O=P(c1ccccc1)(c1ccccc1)c1cc(-c2c3ccc4ccccc4c3nc3c2ccc2ccccc23)cc(P(=O)(c2ccccc2)c2ccccc2)c1. The Balaban J connectivity index is 0.000000174. The summed E-state index contributed by atoms with van der Waals surface area (Å²) in [6.07, 6.45) is 0. The van der Waals surface area contributed by atoms with E-state index in [1.165, 1.54) is 43.4 Å². The van der Waals surface area contributed by atoms with Crippen LogP contribution in [0.3, 0.4) is 0 Å². The van der Waals surface area contributed by atoms with Crippen LogP contribution in [0.2, 0.25) is 0 Å². The van der Waals surface area contributed by atoms with Crippen LogP contribution in [0.5, 0.6) is 0 Å². The number of benzene rings is 14. The predicted octanol–water partition coefficient (Wildman–Crippen LogP) is 19.5. The lowest BCUT2D eigenvalue weighted by atomic mass is 9.92. The number of hydrogen-bond acceptors (Lipinski definition) is 4. The molecular weight excluding hydrogens is 1220 g/mol. The first kappa shape index (κ1) is 53.6. The summed E-state index contributed by atoms with van der Waals surface area (Å²) in [7, 11) is -7.08. The summed E-state index contributed by atoms with van der Waals surface area (Å²) in [5.41, 5.74) is 8.04. The molecule has 16 rings (SSSR count). The fraction of sp³-hybridized carbons (Fsp3) is 0. The van der Waals surface area contributed by atoms with Crippen molar-refractivity contribution in [1.82, 2.24) is 9.97 Å². The summed E-state index contributed by atoms with van der Waals surface area (Å²) in [6, 6.07) is 103. The van der Waals surface area contributed by atoms with Gasteiger partial charge in [0.25, 0.3) is 0 Å². The monoisotopic (exact) mass is 1270 g/mol. The summed E-state index contributed by atoms with van der Waals surface area (Å²) in [6.45, 7) is 0. The van der Waals surface area contributed by atoms with Crippen LogP contribution in [0, 0.1) is 0 Å². The summed E-state index contributed by atoms with van der Waals surface area (Å²) >= 11 is 7.34. The molecule has 2 aromatic heterocycles. The second-order valence-electron chi connectivity index (χ2n) is 21.7. The van der Waals surface area contributed by atoms with Gasteiger partial charge in [0, 0.05) is 95.0 Å². The molecule has 0 saturated heterocycles. The van der Waals surface area contributed by atoms with Crippen molar-refractivity contribution in [1.29, 1.82) is 0 Å². The highest BCUT2D eigenvalue weighted by atomic mass is 79.9. The molecule has 0 amide bonds. The molecule has 0 N–H and O–H groups in total. The van der Waals surface area contributed by atoms with E-state index in [9.17, 15) is 0 Å². The Morgan fingerprint density at radius 1 is 0.233 bits per heavy atom. The van der Waals surface area contributed by atoms with Crippen LogP contribution < -0.4 is 31.8 Å². The van der Waals surface area contributed by atoms with Crippen molar-refractivity contribution in [2.45, 2.75) is 0 Å². The largest absolute Gasteiger partial charge is 0.309 e. The number of pyridine rings is 2. The Morgan fingerprint density at radius 2 is 0.488 bits per heavy atom. The Labute approximate surface area is 514 Å². The van der Waals surface area contributed by atoms with Crippen LogP contribution in [-0.4, -0.2) is 9.97 Å². The molecule has 408 valence electrons. The molecule has 0 aliphatic rings. The van der Waals surface area contributed by atoms with Crippen molar-refractivity contribution in [2.75, 3.05) is 0 Å². The Bertz CT molecular complexity index is 5040. The number of nitrogens with zero attached hydrogens (tertiary/aromatic N) is 2. The van der Waals surface area contributed by atoms with E-state index in [2.05, 4.69) is 208 Å². The van der Waals surface area contributed by atoms with E-state index in [1.807, 2.05) is 127 Å². The third-order valence-electron chi connectivity index (χ3n) is 16.7. The van der Waals surface area contributed by atoms with Gasteiger partial charge in [-0.2, -0.15) is 0 Å². The zero-order valence-electron chi connectivity index (χ0n) is 46.2. The molecule has 0 atom stereocenters. The van der Waals surface area contributed by atoms with Gasteiger partial charge in [0.1, 0.15) is 0 Å². The third-order valence-corrected chi connectivity index (χ3v) is 23.7. The van der Waals surface area contributed by atoms with Crippen molar-refractivity contribution in [3.05, 3.63) is 312 Å². The van der Waals surface area contributed by atoms with Crippen molar-refractivity contribution in [3.63, 3.8) is 0 Å². The maximum atomic E-state index is 16.3. The smallest absolute Gasteiger partial charge is 0.171 e. The van der Waals surface area contributed by atoms with E-state index in [1.54, 1.807) is 0 Å². The number of fused-ring (bicyclic) bond motifs is 12. The Morgan fingerprint density at radius 3 is 0.779 bits per heavy atom. The zero-order valence-corrected chi connectivity index (χ0v) is 51.2. The summed E-state index contributed by atoms with van der Waals surface area (Å²) < 4.78 is 34.8. The number of rotatable bonds is 8. The normalized spacial score (nSPS) is 11.9. The minimum absolute atomic E-state index is 0.620. The molecule has 0 aliphatic carbocycles. The standard InChI is InChI=1S/C51H35NO2P2.C27H15Br2N/c53-55(39-19-5-1-6-20-39,40-21-7-2-8-22-40)43-33-38(34-44(35-43)56(54,41-23-9-3-10-24-41)42-25-11-4-12-26-42)49-47-31-29-36-17-13-15-27-45(36)50(47)52-51-46-28-16-14-18-37(46)30-32-48(49)51;28-19-13-18(14-20(29)15-19)25-23-11-9-16-5-1-3-7-21(16)26(23)30-27-22-8-4-2-6-17(22)10-12-24(25)27/h1-35H;1-15H. The Hall–Kier alpha value is -9.12. The molecule has 86 heavy (non-hydrogen) atoms. The Kier molecular flexibility index (Phi) is 13.7. The lowest BCUT2D eigenvalue weighted by Gasteiger charge is -2.26. The number of hydrogen-bond donors (Lipinski definition) is 0. The molecule has 0 fully saturated rings.